The van der Waals surface area contributed by atoms with Crippen LogP contribution >= 0.6 is 0 Å². The molecular weight excluding hydrogens is 270 g/mol. The van der Waals surface area contributed by atoms with Gasteiger partial charge in [0.15, 0.2) is 0 Å². The topological polar surface area (TPSA) is 86.3 Å². The Morgan fingerprint density at radius 3 is 2.52 bits per heavy atom. The second-order valence-electron chi connectivity index (χ2n) is 5.09. The number of hydrogen-bond acceptors (Lipinski definition) is 7. The van der Waals surface area contributed by atoms with Crippen LogP contribution in [0.2, 0.25) is 0 Å². The molecule has 8 nitrogen and oxygen atoms in total. The normalized spacial score (nSPS) is 14.7. The highest BCUT2D eigenvalue weighted by atomic mass is 16.1. The number of nitrogens with one attached hydrogen (secondary N) is 2. The van der Waals surface area contributed by atoms with Crippen LogP contribution < -0.4 is 20.4 Å². The number of nitrogens with zero attached hydrogens (tertiary/aromatic N) is 5. The summed E-state index contributed by atoms with van der Waals surface area (Å²) in [5.41, 5.74) is 0. The number of amides is 1. The first-order chi connectivity index (χ1) is 10.1. The van der Waals surface area contributed by atoms with Crippen LogP contribution in [0.5, 0.6) is 0 Å². The molecule has 0 radical (unpaired) electrons. The molecule has 1 saturated heterocycles. The maximum atomic E-state index is 11.5. The fourth-order valence-electron chi connectivity index (χ4n) is 2.24. The van der Waals surface area contributed by atoms with Crippen molar-refractivity contribution in [3.63, 3.8) is 0 Å². The number of piperidine rings is 1. The van der Waals surface area contributed by atoms with E-state index in [0.29, 0.717) is 17.8 Å². The van der Waals surface area contributed by atoms with Gasteiger partial charge in [0, 0.05) is 34.2 Å². The predicted octanol–water partition coefficient (Wildman–Crippen LogP) is 0.0858. The van der Waals surface area contributed by atoms with Crippen molar-refractivity contribution >= 4 is 23.8 Å². The van der Waals surface area contributed by atoms with E-state index in [1.807, 2.05) is 0 Å². The van der Waals surface area contributed by atoms with Gasteiger partial charge in [-0.2, -0.15) is 15.0 Å². The van der Waals surface area contributed by atoms with E-state index in [2.05, 4.69) is 30.5 Å². The standard InChI is InChI=1S/C13H23N7O/c1-14-10(21)9-19(3)12-16-11(15-2)17-13(18-12)20-7-5-4-6-8-20/h4-9H2,1-3H3,(H,14,21)(H,15,16,17,18). The lowest BCUT2D eigenvalue weighted by atomic mass is 10.1. The number of anilines is 3. The van der Waals surface area contributed by atoms with E-state index >= 15 is 0 Å². The molecule has 0 unspecified atom stereocenters. The van der Waals surface area contributed by atoms with Crippen molar-refractivity contribution in [3.8, 4) is 0 Å². The third-order valence-electron chi connectivity index (χ3n) is 3.48. The Kier molecular flexibility index (Phi) is 5.13. The molecule has 0 saturated carbocycles. The van der Waals surface area contributed by atoms with E-state index in [1.165, 1.54) is 6.42 Å². The Balaban J connectivity index is 2.22. The highest BCUT2D eigenvalue weighted by Gasteiger charge is 2.18. The summed E-state index contributed by atoms with van der Waals surface area (Å²) < 4.78 is 0. The summed E-state index contributed by atoms with van der Waals surface area (Å²) in [5, 5.41) is 5.55. The second-order valence-corrected chi connectivity index (χ2v) is 5.09. The van der Waals surface area contributed by atoms with E-state index in [-0.39, 0.29) is 12.5 Å². The van der Waals surface area contributed by atoms with E-state index in [0.717, 1.165) is 25.9 Å². The van der Waals surface area contributed by atoms with Crippen LogP contribution in [0.1, 0.15) is 19.3 Å². The second kappa shape index (κ2) is 7.05. The largest absolute Gasteiger partial charge is 0.358 e. The van der Waals surface area contributed by atoms with Crippen molar-refractivity contribution in [3.05, 3.63) is 0 Å². The molecule has 1 aliphatic rings. The minimum Gasteiger partial charge on any atom is -0.358 e. The maximum absolute atomic E-state index is 11.5. The molecule has 1 aromatic rings. The van der Waals surface area contributed by atoms with Crippen LogP contribution in [0.15, 0.2) is 0 Å². The summed E-state index contributed by atoms with van der Waals surface area (Å²) in [7, 11) is 5.18. The zero-order valence-corrected chi connectivity index (χ0v) is 12.9. The third-order valence-corrected chi connectivity index (χ3v) is 3.48. The molecule has 0 spiro atoms. The molecule has 1 aliphatic heterocycles. The Morgan fingerprint density at radius 2 is 1.90 bits per heavy atom. The first-order valence-corrected chi connectivity index (χ1v) is 7.24. The maximum Gasteiger partial charge on any atom is 0.239 e. The minimum absolute atomic E-state index is 0.0801. The lowest BCUT2D eigenvalue weighted by Gasteiger charge is -2.27. The number of hydrogen-bond donors (Lipinski definition) is 2. The number of likely N-dealkylation sites (N-methyl/N-ethyl adjacent to an activating group) is 2. The molecule has 1 fully saturated rings. The Hall–Kier alpha value is -2.12. The fourth-order valence-corrected chi connectivity index (χ4v) is 2.24. The molecule has 116 valence electrons. The molecule has 1 amide bonds. The van der Waals surface area contributed by atoms with Crippen molar-refractivity contribution in [2.45, 2.75) is 19.3 Å². The predicted molar refractivity (Wildman–Crippen MR) is 82.8 cm³/mol. The van der Waals surface area contributed by atoms with Gasteiger partial charge in [-0.25, -0.2) is 0 Å². The van der Waals surface area contributed by atoms with Crippen molar-refractivity contribution < 1.29 is 4.79 Å². The molecule has 21 heavy (non-hydrogen) atoms. The van der Waals surface area contributed by atoms with Crippen LogP contribution in [0.25, 0.3) is 0 Å². The summed E-state index contributed by atoms with van der Waals surface area (Å²) in [6.07, 6.45) is 3.57. The smallest absolute Gasteiger partial charge is 0.239 e. The van der Waals surface area contributed by atoms with Crippen LogP contribution in [0.3, 0.4) is 0 Å². The number of carbonyl (C=O) groups is 1. The molecule has 1 aromatic heterocycles. The monoisotopic (exact) mass is 293 g/mol. The van der Waals surface area contributed by atoms with Crippen molar-refractivity contribution in [1.82, 2.24) is 20.3 Å². The van der Waals surface area contributed by atoms with Gasteiger partial charge >= 0.3 is 0 Å². The minimum atomic E-state index is -0.0801. The zero-order chi connectivity index (χ0) is 15.2. The molecule has 2 rings (SSSR count). The fraction of sp³-hybridized carbons (Fsp3) is 0.692. The molecule has 0 bridgehead atoms. The van der Waals surface area contributed by atoms with Gasteiger partial charge in [0.05, 0.1) is 6.54 Å². The van der Waals surface area contributed by atoms with Gasteiger partial charge in [0.25, 0.3) is 0 Å². The molecule has 0 aromatic carbocycles. The third kappa shape index (κ3) is 3.93. The lowest BCUT2D eigenvalue weighted by Crippen LogP contribution is -2.35. The molecule has 0 aliphatic carbocycles. The van der Waals surface area contributed by atoms with E-state index in [9.17, 15) is 4.79 Å². The van der Waals surface area contributed by atoms with Gasteiger partial charge < -0.3 is 20.4 Å². The Labute approximate surface area is 125 Å². The van der Waals surface area contributed by atoms with Crippen molar-refractivity contribution in [2.24, 2.45) is 0 Å². The molecule has 8 heteroatoms. The first kappa shape index (κ1) is 15.3. The quantitative estimate of drug-likeness (QED) is 0.795. The molecule has 2 heterocycles. The van der Waals surface area contributed by atoms with E-state index in [1.54, 1.807) is 26.0 Å². The molecule has 0 atom stereocenters. The van der Waals surface area contributed by atoms with Crippen molar-refractivity contribution in [1.29, 1.82) is 0 Å². The zero-order valence-electron chi connectivity index (χ0n) is 12.9. The van der Waals surface area contributed by atoms with Crippen LogP contribution in [-0.2, 0) is 4.79 Å². The Morgan fingerprint density at radius 1 is 1.19 bits per heavy atom. The van der Waals surface area contributed by atoms with Crippen LogP contribution in [0, 0.1) is 0 Å². The number of aromatic nitrogens is 3. The van der Waals surface area contributed by atoms with E-state index < -0.39 is 0 Å². The average molecular weight is 293 g/mol. The molecular formula is C13H23N7O. The van der Waals surface area contributed by atoms with Crippen molar-refractivity contribution in [2.75, 3.05) is 55.9 Å². The van der Waals surface area contributed by atoms with Gasteiger partial charge in [-0.15, -0.1) is 0 Å². The summed E-state index contributed by atoms with van der Waals surface area (Å²) >= 11 is 0. The van der Waals surface area contributed by atoms with Gasteiger partial charge in [-0.3, -0.25) is 4.79 Å². The van der Waals surface area contributed by atoms with Crippen LogP contribution in [0.4, 0.5) is 17.8 Å². The van der Waals surface area contributed by atoms with Gasteiger partial charge in [0.2, 0.25) is 23.8 Å². The Bertz CT molecular complexity index is 487. The highest BCUT2D eigenvalue weighted by Crippen LogP contribution is 2.19. The SMILES string of the molecule is CNC(=O)CN(C)c1nc(NC)nc(N2CCCCC2)n1. The van der Waals surface area contributed by atoms with Gasteiger partial charge in [-0.05, 0) is 19.3 Å². The summed E-state index contributed by atoms with van der Waals surface area (Å²) in [4.78, 5) is 28.6. The summed E-state index contributed by atoms with van der Waals surface area (Å²) in [6.45, 7) is 2.14. The molecule has 2 N–H and O–H groups in total. The number of rotatable bonds is 5. The van der Waals surface area contributed by atoms with Gasteiger partial charge in [-0.1, -0.05) is 0 Å². The highest BCUT2D eigenvalue weighted by molar-refractivity contribution is 5.80. The first-order valence-electron chi connectivity index (χ1n) is 7.24. The van der Waals surface area contributed by atoms with Gasteiger partial charge in [0.1, 0.15) is 0 Å². The number of carbonyl (C=O) groups excluding carboxylic acids is 1. The summed E-state index contributed by atoms with van der Waals surface area (Å²) in [6, 6.07) is 0. The van der Waals surface area contributed by atoms with Crippen LogP contribution in [-0.4, -0.2) is 61.6 Å². The van der Waals surface area contributed by atoms with E-state index in [4.69, 9.17) is 0 Å². The lowest BCUT2D eigenvalue weighted by molar-refractivity contribution is -0.119. The average Bonchev–Trinajstić information content (AvgIpc) is 2.54. The summed E-state index contributed by atoms with van der Waals surface area (Å²) in [5.74, 6) is 1.61.